The lowest BCUT2D eigenvalue weighted by Gasteiger charge is -2.25. The normalized spacial score (nSPS) is 19.1. The van der Waals surface area contributed by atoms with E-state index in [1.807, 2.05) is 19.1 Å². The second-order valence-corrected chi connectivity index (χ2v) is 5.21. The molecule has 0 bridgehead atoms. The van der Waals surface area contributed by atoms with Crippen LogP contribution in [0.5, 0.6) is 0 Å². The summed E-state index contributed by atoms with van der Waals surface area (Å²) >= 11 is 12.2. The second kappa shape index (κ2) is 5.57. The van der Waals surface area contributed by atoms with Gasteiger partial charge >= 0.3 is 0 Å². The fourth-order valence-corrected chi connectivity index (χ4v) is 2.54. The van der Waals surface area contributed by atoms with Crippen LogP contribution in [-0.2, 0) is 4.74 Å². The first-order valence-corrected chi connectivity index (χ1v) is 6.71. The second-order valence-electron chi connectivity index (χ2n) is 4.43. The number of ether oxygens (including phenoxy) is 1. The largest absolute Gasteiger partial charge is 0.376 e. The van der Waals surface area contributed by atoms with Gasteiger partial charge in [-0.05, 0) is 37.3 Å². The van der Waals surface area contributed by atoms with Gasteiger partial charge in [0.25, 0.3) is 0 Å². The minimum Gasteiger partial charge on any atom is -0.376 e. The Kier molecular flexibility index (Phi) is 4.31. The van der Waals surface area contributed by atoms with Crippen molar-refractivity contribution in [2.45, 2.75) is 31.9 Å². The van der Waals surface area contributed by atoms with Gasteiger partial charge in [-0.3, -0.25) is 0 Å². The van der Waals surface area contributed by atoms with Crippen LogP contribution in [0.4, 0.5) is 0 Å². The van der Waals surface area contributed by atoms with Crippen molar-refractivity contribution in [2.75, 3.05) is 6.61 Å². The minimum atomic E-state index is -0.200. The maximum Gasteiger partial charge on any atom is 0.0796 e. The lowest BCUT2D eigenvalue weighted by molar-refractivity contribution is 0.0283. The van der Waals surface area contributed by atoms with Crippen LogP contribution in [0.2, 0.25) is 10.0 Å². The summed E-state index contributed by atoms with van der Waals surface area (Å²) in [6.45, 7) is 2.66. The molecule has 94 valence electrons. The molecule has 0 spiro atoms. The Bertz CT molecular complexity index is 393. The van der Waals surface area contributed by atoms with E-state index in [2.05, 4.69) is 0 Å². The van der Waals surface area contributed by atoms with Gasteiger partial charge in [0.1, 0.15) is 0 Å². The number of hydrogen-bond acceptors (Lipinski definition) is 2. The smallest absolute Gasteiger partial charge is 0.0796 e. The number of halogens is 2. The molecular formula is C13H17Cl2NO. The van der Waals surface area contributed by atoms with Gasteiger partial charge in [0.2, 0.25) is 0 Å². The van der Waals surface area contributed by atoms with E-state index < -0.39 is 0 Å². The molecule has 1 aliphatic rings. The Labute approximate surface area is 112 Å². The van der Waals surface area contributed by atoms with Crippen molar-refractivity contribution in [3.63, 3.8) is 0 Å². The predicted molar refractivity (Wildman–Crippen MR) is 71.5 cm³/mol. The van der Waals surface area contributed by atoms with Crippen LogP contribution >= 0.6 is 23.2 Å². The van der Waals surface area contributed by atoms with Crippen LogP contribution in [0.1, 0.15) is 31.4 Å². The Morgan fingerprint density at radius 2 is 2.12 bits per heavy atom. The molecule has 2 rings (SSSR count). The van der Waals surface area contributed by atoms with E-state index >= 15 is 0 Å². The monoisotopic (exact) mass is 273 g/mol. The van der Waals surface area contributed by atoms with Crippen LogP contribution in [0.25, 0.3) is 0 Å². The topological polar surface area (TPSA) is 35.2 Å². The highest BCUT2D eigenvalue weighted by molar-refractivity contribution is 6.42. The van der Waals surface area contributed by atoms with E-state index in [-0.39, 0.29) is 12.1 Å². The lowest BCUT2D eigenvalue weighted by Crippen LogP contribution is -2.31. The molecule has 0 amide bonds. The molecule has 0 aromatic heterocycles. The minimum absolute atomic E-state index is 0.0518. The highest BCUT2D eigenvalue weighted by atomic mass is 35.5. The summed E-state index contributed by atoms with van der Waals surface area (Å²) in [6.07, 6.45) is 2.43. The Morgan fingerprint density at radius 1 is 1.41 bits per heavy atom. The first-order chi connectivity index (χ1) is 8.15. The van der Waals surface area contributed by atoms with E-state index in [1.165, 1.54) is 12.8 Å². The Morgan fingerprint density at radius 3 is 2.71 bits per heavy atom. The summed E-state index contributed by atoms with van der Waals surface area (Å²) < 4.78 is 5.75. The molecule has 0 radical (unpaired) electrons. The molecule has 1 aromatic carbocycles. The standard InChI is InChI=1S/C13H17Cl2NO/c1-2-17-13(8-6-7-8)12(16)9-4-3-5-10(14)11(9)15/h3-5,8,12-13H,2,6-7,16H2,1H3. The maximum atomic E-state index is 6.27. The molecule has 1 saturated carbocycles. The Balaban J connectivity index is 2.21. The average Bonchev–Trinajstić information content (AvgIpc) is 3.13. The van der Waals surface area contributed by atoms with Crippen LogP contribution < -0.4 is 5.73 Å². The lowest BCUT2D eigenvalue weighted by atomic mass is 9.99. The molecule has 0 aliphatic heterocycles. The molecule has 1 aromatic rings. The molecule has 0 heterocycles. The van der Waals surface area contributed by atoms with Gasteiger partial charge in [0.15, 0.2) is 0 Å². The van der Waals surface area contributed by atoms with Crippen LogP contribution in [0, 0.1) is 5.92 Å². The summed E-state index contributed by atoms with van der Waals surface area (Å²) in [6, 6.07) is 5.37. The SMILES string of the molecule is CCOC(C1CC1)C(N)c1cccc(Cl)c1Cl. The average molecular weight is 274 g/mol. The molecule has 4 heteroatoms. The van der Waals surface area contributed by atoms with E-state index in [0.29, 0.717) is 22.6 Å². The summed E-state index contributed by atoms with van der Waals surface area (Å²) in [5, 5.41) is 1.10. The molecule has 2 atom stereocenters. The van der Waals surface area contributed by atoms with E-state index in [0.717, 1.165) is 5.56 Å². The first kappa shape index (κ1) is 13.2. The number of nitrogens with two attached hydrogens (primary N) is 1. The van der Waals surface area contributed by atoms with Gasteiger partial charge in [0, 0.05) is 6.61 Å². The van der Waals surface area contributed by atoms with Crippen molar-refractivity contribution >= 4 is 23.2 Å². The third-order valence-corrected chi connectivity index (χ3v) is 3.97. The quantitative estimate of drug-likeness (QED) is 0.886. The van der Waals surface area contributed by atoms with Crippen LogP contribution in [0.15, 0.2) is 18.2 Å². The molecule has 17 heavy (non-hydrogen) atoms. The number of rotatable bonds is 5. The van der Waals surface area contributed by atoms with Crippen molar-refractivity contribution in [3.8, 4) is 0 Å². The highest BCUT2D eigenvalue weighted by Gasteiger charge is 2.37. The zero-order valence-corrected chi connectivity index (χ0v) is 11.3. The van der Waals surface area contributed by atoms with Crippen LogP contribution in [0.3, 0.4) is 0 Å². The van der Waals surface area contributed by atoms with E-state index in [4.69, 9.17) is 33.7 Å². The predicted octanol–water partition coefficient (Wildman–Crippen LogP) is 3.81. The molecule has 2 N–H and O–H groups in total. The maximum absolute atomic E-state index is 6.27. The summed E-state index contributed by atoms with van der Waals surface area (Å²) in [4.78, 5) is 0. The molecule has 1 aliphatic carbocycles. The molecule has 2 unspecified atom stereocenters. The van der Waals surface area contributed by atoms with Crippen molar-refractivity contribution in [1.29, 1.82) is 0 Å². The third-order valence-electron chi connectivity index (χ3n) is 3.14. The molecule has 1 fully saturated rings. The summed E-state index contributed by atoms with van der Waals surface area (Å²) in [5.74, 6) is 0.569. The zero-order chi connectivity index (χ0) is 12.4. The fourth-order valence-electron chi connectivity index (χ4n) is 2.11. The van der Waals surface area contributed by atoms with Crippen molar-refractivity contribution in [3.05, 3.63) is 33.8 Å². The third kappa shape index (κ3) is 2.94. The molecular weight excluding hydrogens is 257 g/mol. The molecule has 2 nitrogen and oxygen atoms in total. The van der Waals surface area contributed by atoms with Gasteiger partial charge in [-0.25, -0.2) is 0 Å². The first-order valence-electron chi connectivity index (χ1n) is 5.96. The van der Waals surface area contributed by atoms with E-state index in [9.17, 15) is 0 Å². The molecule has 0 saturated heterocycles. The highest BCUT2D eigenvalue weighted by Crippen LogP contribution is 2.41. The van der Waals surface area contributed by atoms with Crippen molar-refractivity contribution < 1.29 is 4.74 Å². The van der Waals surface area contributed by atoms with Crippen molar-refractivity contribution in [1.82, 2.24) is 0 Å². The van der Waals surface area contributed by atoms with Gasteiger partial charge < -0.3 is 10.5 Å². The van der Waals surface area contributed by atoms with Crippen LogP contribution in [-0.4, -0.2) is 12.7 Å². The van der Waals surface area contributed by atoms with E-state index in [1.54, 1.807) is 6.07 Å². The zero-order valence-electron chi connectivity index (χ0n) is 9.83. The fraction of sp³-hybridized carbons (Fsp3) is 0.538. The summed E-state index contributed by atoms with van der Waals surface area (Å²) in [5.41, 5.74) is 7.15. The van der Waals surface area contributed by atoms with Gasteiger partial charge in [-0.15, -0.1) is 0 Å². The van der Waals surface area contributed by atoms with Crippen molar-refractivity contribution in [2.24, 2.45) is 11.7 Å². The van der Waals surface area contributed by atoms with Gasteiger partial charge in [-0.2, -0.15) is 0 Å². The number of benzene rings is 1. The Hall–Kier alpha value is -0.280. The van der Waals surface area contributed by atoms with Gasteiger partial charge in [0.05, 0.1) is 22.2 Å². The summed E-state index contributed by atoms with van der Waals surface area (Å²) in [7, 11) is 0. The number of hydrogen-bond donors (Lipinski definition) is 1. The van der Waals surface area contributed by atoms with Gasteiger partial charge in [-0.1, -0.05) is 35.3 Å².